The second-order valence-corrected chi connectivity index (χ2v) is 15.1. The summed E-state index contributed by atoms with van der Waals surface area (Å²) in [5, 5.41) is 1.26. The summed E-state index contributed by atoms with van der Waals surface area (Å²) in [4.78, 5) is 22.8. The van der Waals surface area contributed by atoms with Crippen molar-refractivity contribution in [1.82, 2.24) is 0 Å². The third-order valence-electron chi connectivity index (χ3n) is 4.61. The van der Waals surface area contributed by atoms with Crippen LogP contribution in [0.5, 0.6) is 0 Å². The van der Waals surface area contributed by atoms with Gasteiger partial charge in [0, 0.05) is 33.5 Å². The van der Waals surface area contributed by atoms with Crippen molar-refractivity contribution in [2.45, 2.75) is 32.5 Å². The van der Waals surface area contributed by atoms with Gasteiger partial charge in [0.2, 0.25) is 10.2 Å². The summed E-state index contributed by atoms with van der Waals surface area (Å²) in [5.41, 5.74) is 2.78. The van der Waals surface area contributed by atoms with Gasteiger partial charge in [-0.05, 0) is 36.1 Å². The van der Waals surface area contributed by atoms with E-state index in [2.05, 4.69) is 37.4 Å². The zero-order chi connectivity index (χ0) is 21.3. The van der Waals surface area contributed by atoms with Gasteiger partial charge in [0.25, 0.3) is 0 Å². The first-order valence-corrected chi connectivity index (χ1v) is 15.7. The lowest BCUT2D eigenvalue weighted by atomic mass is 10.1. The normalized spacial score (nSPS) is 25.9. The second-order valence-electron chi connectivity index (χ2n) is 6.94. The van der Waals surface area contributed by atoms with E-state index in [-0.39, 0.29) is 10.2 Å². The highest BCUT2D eigenvalue weighted by Gasteiger charge is 2.28. The van der Waals surface area contributed by atoms with E-state index in [1.54, 1.807) is 0 Å². The Hall–Kier alpha value is 0.140. The Bertz CT molecular complexity index is 687. The van der Waals surface area contributed by atoms with Crippen LogP contribution < -0.4 is 0 Å². The van der Waals surface area contributed by atoms with Crippen LogP contribution in [0.25, 0.3) is 0 Å². The van der Waals surface area contributed by atoms with Gasteiger partial charge in [-0.2, -0.15) is 0 Å². The molecular formula is C22H26O2S6. The summed E-state index contributed by atoms with van der Waals surface area (Å²) in [5.74, 6) is 4.02. The molecule has 30 heavy (non-hydrogen) atoms. The Labute approximate surface area is 205 Å². The van der Waals surface area contributed by atoms with Gasteiger partial charge >= 0.3 is 0 Å². The number of carbonyl (C=O) groups is 2. The van der Waals surface area contributed by atoms with Crippen LogP contribution in [0.1, 0.15) is 11.1 Å². The van der Waals surface area contributed by atoms with Crippen LogP contribution in [-0.2, 0) is 22.4 Å². The molecule has 2 heterocycles. The van der Waals surface area contributed by atoms with E-state index in [1.807, 2.05) is 47.0 Å². The van der Waals surface area contributed by atoms with Gasteiger partial charge in [-0.25, -0.2) is 0 Å². The smallest absolute Gasteiger partial charge is 0.211 e. The van der Waals surface area contributed by atoms with Crippen molar-refractivity contribution < 1.29 is 9.59 Å². The molecule has 0 bridgehead atoms. The van der Waals surface area contributed by atoms with Crippen LogP contribution in [0, 0.1) is 0 Å². The van der Waals surface area contributed by atoms with Gasteiger partial charge in [0.05, 0.1) is 9.16 Å². The lowest BCUT2D eigenvalue weighted by Crippen LogP contribution is -2.07. The molecule has 1 aromatic carbocycles. The van der Waals surface area contributed by atoms with Crippen LogP contribution in [0.15, 0.2) is 49.6 Å². The fraction of sp³-hybridized carbons (Fsp3) is 0.455. The zero-order valence-corrected chi connectivity index (χ0v) is 21.6. The van der Waals surface area contributed by atoms with Crippen LogP contribution in [0.3, 0.4) is 0 Å². The molecule has 8 heteroatoms. The number of benzene rings is 1. The van der Waals surface area contributed by atoms with Gasteiger partial charge in [0.1, 0.15) is 0 Å². The van der Waals surface area contributed by atoms with Crippen molar-refractivity contribution in [2.75, 3.05) is 23.0 Å². The van der Waals surface area contributed by atoms with Crippen LogP contribution >= 0.6 is 70.6 Å². The molecule has 162 valence electrons. The molecule has 2 nitrogen and oxygen atoms in total. The topological polar surface area (TPSA) is 34.1 Å². The first-order valence-electron chi connectivity index (χ1n) is 9.76. The Morgan fingerprint density at radius 3 is 1.60 bits per heavy atom. The van der Waals surface area contributed by atoms with Crippen molar-refractivity contribution >= 4 is 80.8 Å². The van der Waals surface area contributed by atoms with Gasteiger partial charge in [0.15, 0.2) is 0 Å². The van der Waals surface area contributed by atoms with Crippen molar-refractivity contribution in [3.05, 3.63) is 60.7 Å². The number of rotatable bonds is 10. The summed E-state index contributed by atoms with van der Waals surface area (Å²) in [6.45, 7) is 7.07. The highest BCUT2D eigenvalue weighted by Crippen LogP contribution is 2.42. The van der Waals surface area contributed by atoms with E-state index >= 15 is 0 Å². The molecule has 2 fully saturated rings. The molecule has 4 unspecified atom stereocenters. The lowest BCUT2D eigenvalue weighted by Gasteiger charge is -2.12. The summed E-state index contributed by atoms with van der Waals surface area (Å²) >= 11 is 10.8. The zero-order valence-electron chi connectivity index (χ0n) is 16.7. The van der Waals surface area contributed by atoms with Crippen LogP contribution in [0.4, 0.5) is 0 Å². The molecule has 0 aromatic heterocycles. The molecule has 1 aromatic rings. The van der Waals surface area contributed by atoms with E-state index in [0.717, 1.165) is 35.9 Å². The van der Waals surface area contributed by atoms with E-state index in [1.165, 1.54) is 46.8 Å². The third kappa shape index (κ3) is 8.24. The van der Waals surface area contributed by atoms with E-state index in [0.29, 0.717) is 19.7 Å². The van der Waals surface area contributed by atoms with Gasteiger partial charge in [-0.1, -0.05) is 60.9 Å². The Balaban J connectivity index is 1.38. The standard InChI is InChI=1S/C22H26O2S6/c1-3-19(23)25-11-17-13-27-21(29-17)9-15-5-7-16(8-6-15)10-22-28-14-18(30-22)12-26-20(24)4-2/h3-8,17-18,21-22H,1-2,9-14H2. The molecular weight excluding hydrogens is 489 g/mol. The molecule has 3 rings (SSSR count). The maximum Gasteiger partial charge on any atom is 0.211 e. The van der Waals surface area contributed by atoms with E-state index in [9.17, 15) is 9.59 Å². The van der Waals surface area contributed by atoms with Gasteiger partial charge < -0.3 is 0 Å². The predicted molar refractivity (Wildman–Crippen MR) is 144 cm³/mol. The molecule has 0 spiro atoms. The Morgan fingerprint density at radius 1 is 0.833 bits per heavy atom. The number of thioether (sulfide) groups is 6. The SMILES string of the molecule is C=CC(=O)SCC1CSC(Cc2ccc(CC3SCC(CSC(=O)C=C)S3)cc2)S1. The Kier molecular flexibility index (Phi) is 10.7. The van der Waals surface area contributed by atoms with Crippen LogP contribution in [-0.4, -0.2) is 52.9 Å². The largest absolute Gasteiger partial charge is 0.282 e. The monoisotopic (exact) mass is 514 g/mol. The maximum atomic E-state index is 11.4. The van der Waals surface area contributed by atoms with E-state index in [4.69, 9.17) is 0 Å². The lowest BCUT2D eigenvalue weighted by molar-refractivity contribution is -0.107. The quantitative estimate of drug-likeness (QED) is 0.351. The number of hydrogen-bond donors (Lipinski definition) is 0. The predicted octanol–water partition coefficient (Wildman–Crippen LogP) is 6.01. The highest BCUT2D eigenvalue weighted by molar-refractivity contribution is 8.22. The molecule has 0 radical (unpaired) electrons. The van der Waals surface area contributed by atoms with Crippen molar-refractivity contribution in [3.63, 3.8) is 0 Å². The Morgan fingerprint density at radius 2 is 1.23 bits per heavy atom. The first kappa shape index (κ1) is 24.8. The average molecular weight is 515 g/mol. The summed E-state index contributed by atoms with van der Waals surface area (Å²) in [6.07, 6.45) is 4.97. The van der Waals surface area contributed by atoms with Crippen molar-refractivity contribution in [1.29, 1.82) is 0 Å². The number of carbonyl (C=O) groups excluding carboxylic acids is 2. The summed E-state index contributed by atoms with van der Waals surface area (Å²) in [7, 11) is 0. The minimum atomic E-state index is 0.0774. The molecule has 2 aliphatic rings. The van der Waals surface area contributed by atoms with Gasteiger partial charge in [-0.15, -0.1) is 47.0 Å². The molecule has 2 saturated heterocycles. The molecule has 0 saturated carbocycles. The summed E-state index contributed by atoms with van der Waals surface area (Å²) in [6, 6.07) is 9.11. The van der Waals surface area contributed by atoms with E-state index < -0.39 is 0 Å². The summed E-state index contributed by atoms with van der Waals surface area (Å²) < 4.78 is 1.16. The molecule has 0 aliphatic carbocycles. The molecule has 0 amide bonds. The van der Waals surface area contributed by atoms with Crippen molar-refractivity contribution in [3.8, 4) is 0 Å². The first-order chi connectivity index (χ1) is 14.6. The third-order valence-corrected chi connectivity index (χ3v) is 13.6. The molecule has 4 atom stereocenters. The van der Waals surface area contributed by atoms with Crippen LogP contribution in [0.2, 0.25) is 0 Å². The minimum absolute atomic E-state index is 0.0774. The second kappa shape index (κ2) is 13.0. The maximum absolute atomic E-state index is 11.4. The average Bonchev–Trinajstić information content (AvgIpc) is 3.40. The highest BCUT2D eigenvalue weighted by atomic mass is 32.2. The minimum Gasteiger partial charge on any atom is -0.282 e. The number of hydrogen-bond acceptors (Lipinski definition) is 8. The molecule has 2 aliphatic heterocycles. The fourth-order valence-electron chi connectivity index (χ4n) is 3.07. The van der Waals surface area contributed by atoms with Crippen molar-refractivity contribution in [2.24, 2.45) is 0 Å². The molecule has 0 N–H and O–H groups in total. The fourth-order valence-corrected chi connectivity index (χ4v) is 11.9. The van der Waals surface area contributed by atoms with Gasteiger partial charge in [-0.3, -0.25) is 9.59 Å².